The molecule has 0 N–H and O–H groups in total. The van der Waals surface area contributed by atoms with Crippen molar-refractivity contribution in [2.24, 2.45) is 0 Å². The Balaban J connectivity index is 1.56. The summed E-state index contributed by atoms with van der Waals surface area (Å²) in [6.07, 6.45) is 4.25. The summed E-state index contributed by atoms with van der Waals surface area (Å²) in [6.45, 7) is 1.42. The summed E-state index contributed by atoms with van der Waals surface area (Å²) >= 11 is 7.77. The van der Waals surface area contributed by atoms with Crippen molar-refractivity contribution < 1.29 is 9.53 Å². The van der Waals surface area contributed by atoms with Crippen molar-refractivity contribution in [1.29, 1.82) is 0 Å². The average molecular weight is 440 g/mol. The van der Waals surface area contributed by atoms with Gasteiger partial charge in [0.25, 0.3) is 0 Å². The summed E-state index contributed by atoms with van der Waals surface area (Å²) < 4.78 is 7.71. The maximum atomic E-state index is 12.7. The minimum atomic E-state index is -0.0789. The maximum absolute atomic E-state index is 12.7. The van der Waals surface area contributed by atoms with Gasteiger partial charge in [-0.1, -0.05) is 41.9 Å². The second-order valence-corrected chi connectivity index (χ2v) is 9.07. The highest BCUT2D eigenvalue weighted by Gasteiger charge is 2.37. The van der Waals surface area contributed by atoms with Crippen LogP contribution in [0.5, 0.6) is 0 Å². The number of nitrogens with zero attached hydrogens (tertiary/aromatic N) is 3. The first-order valence-electron chi connectivity index (χ1n) is 10.1. The standard InChI is InChI=1S/C23H22ClN3O2S/c24-17-10-8-16(9-11-17)22-20(14-27(25-22)18-5-2-1-3-6-18)23-26(21(28)15-30-23)13-19-7-4-12-29-19/h1-3,5-6,8-11,14,19,23H,4,7,12-13,15H2/t19-,23-/m1/s1. The lowest BCUT2D eigenvalue weighted by atomic mass is 10.1. The first-order valence-corrected chi connectivity index (χ1v) is 11.6. The zero-order valence-corrected chi connectivity index (χ0v) is 18.0. The Hall–Kier alpha value is -2.28. The monoisotopic (exact) mass is 439 g/mol. The molecule has 2 aliphatic rings. The largest absolute Gasteiger partial charge is 0.376 e. The molecule has 2 saturated heterocycles. The second-order valence-electron chi connectivity index (χ2n) is 7.56. The summed E-state index contributed by atoms with van der Waals surface area (Å²) in [5, 5.41) is 5.52. The quantitative estimate of drug-likeness (QED) is 0.564. The van der Waals surface area contributed by atoms with E-state index in [-0.39, 0.29) is 17.4 Å². The first-order chi connectivity index (χ1) is 14.7. The predicted molar refractivity (Wildman–Crippen MR) is 120 cm³/mol. The van der Waals surface area contributed by atoms with Gasteiger partial charge in [-0.25, -0.2) is 4.68 Å². The molecule has 1 aromatic heterocycles. The molecule has 0 saturated carbocycles. The van der Waals surface area contributed by atoms with E-state index >= 15 is 0 Å². The van der Waals surface area contributed by atoms with Crippen LogP contribution in [0, 0.1) is 0 Å². The summed E-state index contributed by atoms with van der Waals surface area (Å²) in [7, 11) is 0. The molecule has 0 aliphatic carbocycles. The second kappa shape index (κ2) is 8.46. The number of halogens is 1. The molecule has 0 spiro atoms. The summed E-state index contributed by atoms with van der Waals surface area (Å²) in [6, 6.07) is 17.7. The number of carbonyl (C=O) groups is 1. The van der Waals surface area contributed by atoms with E-state index in [1.807, 2.05) is 64.2 Å². The van der Waals surface area contributed by atoms with E-state index < -0.39 is 0 Å². The SMILES string of the molecule is O=C1CS[C@H](c2cn(-c3ccccc3)nc2-c2ccc(Cl)cc2)N1C[C@H]1CCCO1. The minimum absolute atomic E-state index is 0.0789. The number of thioether (sulfide) groups is 1. The molecule has 2 fully saturated rings. The molecule has 30 heavy (non-hydrogen) atoms. The maximum Gasteiger partial charge on any atom is 0.233 e. The van der Waals surface area contributed by atoms with Gasteiger partial charge in [-0.2, -0.15) is 5.10 Å². The summed E-state index contributed by atoms with van der Waals surface area (Å²) in [5.41, 5.74) is 3.88. The smallest absolute Gasteiger partial charge is 0.233 e. The summed E-state index contributed by atoms with van der Waals surface area (Å²) in [4.78, 5) is 14.7. The Morgan fingerprint density at radius 2 is 1.93 bits per heavy atom. The van der Waals surface area contributed by atoms with E-state index in [0.29, 0.717) is 17.3 Å². The van der Waals surface area contributed by atoms with Crippen LogP contribution in [-0.4, -0.2) is 45.6 Å². The third kappa shape index (κ3) is 3.87. The normalized spacial score (nSPS) is 21.5. The molecule has 2 aromatic carbocycles. The van der Waals surface area contributed by atoms with Gasteiger partial charge in [-0.05, 0) is 37.1 Å². The highest BCUT2D eigenvalue weighted by atomic mass is 35.5. The van der Waals surface area contributed by atoms with Crippen LogP contribution in [0.15, 0.2) is 60.8 Å². The fourth-order valence-corrected chi connectivity index (χ4v) is 5.36. The Morgan fingerprint density at radius 1 is 1.13 bits per heavy atom. The van der Waals surface area contributed by atoms with Crippen molar-refractivity contribution in [1.82, 2.24) is 14.7 Å². The van der Waals surface area contributed by atoms with Crippen molar-refractivity contribution in [3.8, 4) is 16.9 Å². The predicted octanol–water partition coefficient (Wildman–Crippen LogP) is 4.95. The fraction of sp³-hybridized carbons (Fsp3) is 0.304. The third-order valence-corrected chi connectivity index (χ3v) is 7.03. The zero-order chi connectivity index (χ0) is 20.5. The number of carbonyl (C=O) groups excluding carboxylic acids is 1. The lowest BCUT2D eigenvalue weighted by molar-refractivity contribution is -0.129. The van der Waals surface area contributed by atoms with Gasteiger partial charge in [0.15, 0.2) is 0 Å². The number of hydrogen-bond acceptors (Lipinski definition) is 4. The number of para-hydroxylation sites is 1. The van der Waals surface area contributed by atoms with Crippen LogP contribution in [0.3, 0.4) is 0 Å². The van der Waals surface area contributed by atoms with Crippen LogP contribution in [0.25, 0.3) is 16.9 Å². The molecule has 154 valence electrons. The molecule has 5 rings (SSSR count). The minimum Gasteiger partial charge on any atom is -0.376 e. The van der Waals surface area contributed by atoms with Crippen molar-refractivity contribution >= 4 is 29.3 Å². The molecular formula is C23H22ClN3O2S. The molecule has 0 bridgehead atoms. The lowest BCUT2D eigenvalue weighted by Crippen LogP contribution is -2.35. The molecule has 5 nitrogen and oxygen atoms in total. The van der Waals surface area contributed by atoms with E-state index in [9.17, 15) is 4.79 Å². The molecule has 2 atom stereocenters. The van der Waals surface area contributed by atoms with Gasteiger partial charge in [0.2, 0.25) is 5.91 Å². The molecule has 2 aliphatic heterocycles. The highest BCUT2D eigenvalue weighted by Crippen LogP contribution is 2.43. The van der Waals surface area contributed by atoms with Gasteiger partial charge < -0.3 is 9.64 Å². The van der Waals surface area contributed by atoms with Crippen LogP contribution < -0.4 is 0 Å². The first kappa shape index (κ1) is 19.7. The van der Waals surface area contributed by atoms with Gasteiger partial charge >= 0.3 is 0 Å². The fourth-order valence-electron chi connectivity index (χ4n) is 4.03. The van der Waals surface area contributed by atoms with Crippen molar-refractivity contribution in [2.75, 3.05) is 18.9 Å². The van der Waals surface area contributed by atoms with Crippen molar-refractivity contribution in [2.45, 2.75) is 24.3 Å². The molecule has 3 aromatic rings. The Kier molecular flexibility index (Phi) is 5.54. The van der Waals surface area contributed by atoms with Crippen LogP contribution in [0.2, 0.25) is 5.02 Å². The van der Waals surface area contributed by atoms with Crippen LogP contribution >= 0.6 is 23.4 Å². The molecule has 0 radical (unpaired) electrons. The number of rotatable bonds is 5. The zero-order valence-electron chi connectivity index (χ0n) is 16.4. The highest BCUT2D eigenvalue weighted by molar-refractivity contribution is 8.00. The van der Waals surface area contributed by atoms with Gasteiger partial charge in [-0.15, -0.1) is 11.8 Å². The van der Waals surface area contributed by atoms with E-state index in [2.05, 4.69) is 6.20 Å². The molecule has 0 unspecified atom stereocenters. The number of benzene rings is 2. The van der Waals surface area contributed by atoms with Gasteiger partial charge in [0.05, 0.1) is 23.2 Å². The summed E-state index contributed by atoms with van der Waals surface area (Å²) in [5.74, 6) is 0.642. The van der Waals surface area contributed by atoms with E-state index in [1.165, 1.54) is 0 Å². The van der Waals surface area contributed by atoms with Crippen LogP contribution in [0.4, 0.5) is 0 Å². The van der Waals surface area contributed by atoms with Crippen molar-refractivity contribution in [3.05, 3.63) is 71.4 Å². The molecule has 7 heteroatoms. The Bertz CT molecular complexity index is 1030. The molecular weight excluding hydrogens is 418 g/mol. The van der Waals surface area contributed by atoms with E-state index in [4.69, 9.17) is 21.4 Å². The number of hydrogen-bond donors (Lipinski definition) is 0. The van der Waals surface area contributed by atoms with Crippen LogP contribution in [0.1, 0.15) is 23.8 Å². The van der Waals surface area contributed by atoms with Gasteiger partial charge in [0, 0.05) is 35.5 Å². The van der Waals surface area contributed by atoms with Gasteiger partial charge in [-0.3, -0.25) is 4.79 Å². The molecule has 3 heterocycles. The number of aromatic nitrogens is 2. The Morgan fingerprint density at radius 3 is 2.67 bits per heavy atom. The Labute approximate surface area is 185 Å². The number of amides is 1. The van der Waals surface area contributed by atoms with Crippen molar-refractivity contribution in [3.63, 3.8) is 0 Å². The van der Waals surface area contributed by atoms with Crippen LogP contribution in [-0.2, 0) is 9.53 Å². The van der Waals surface area contributed by atoms with E-state index in [1.54, 1.807) is 11.8 Å². The lowest BCUT2D eigenvalue weighted by Gasteiger charge is -2.26. The third-order valence-electron chi connectivity index (χ3n) is 5.54. The van der Waals surface area contributed by atoms with E-state index in [0.717, 1.165) is 42.0 Å². The molecule has 1 amide bonds. The topological polar surface area (TPSA) is 47.4 Å². The average Bonchev–Trinajstić information content (AvgIpc) is 3.51. The van der Waals surface area contributed by atoms with Gasteiger partial charge in [0.1, 0.15) is 5.37 Å². The number of ether oxygens (including phenoxy) is 1.